The van der Waals surface area contributed by atoms with Gasteiger partial charge in [0.05, 0.1) is 12.7 Å². The maximum Gasteiger partial charge on any atom is 0.154 e. The Morgan fingerprint density at radius 2 is 1.89 bits per heavy atom. The molecule has 1 aromatic carbocycles. The minimum Gasteiger partial charge on any atom is -0.247 e. The second-order valence-corrected chi connectivity index (χ2v) is 11.4. The lowest BCUT2D eigenvalue weighted by atomic mass is 10.2. The molecule has 98 valence electrons. The summed E-state index contributed by atoms with van der Waals surface area (Å²) in [5.74, 6) is 3.12. The quantitative estimate of drug-likeness (QED) is 0.455. The number of halogens is 1. The topological polar surface area (TPSA) is 30.7 Å². The van der Waals surface area contributed by atoms with Crippen LogP contribution in [-0.4, -0.2) is 23.1 Å². The molecule has 2 aromatic rings. The average molecular weight is 381 g/mol. The van der Waals surface area contributed by atoms with Crippen molar-refractivity contribution in [2.45, 2.75) is 26.2 Å². The number of benzene rings is 1. The zero-order valence-electron chi connectivity index (χ0n) is 11.3. The summed E-state index contributed by atoms with van der Waals surface area (Å²) in [6.45, 7) is 7.39. The number of hydrogen-bond donors (Lipinski definition) is 0. The first kappa shape index (κ1) is 14.3. The molecule has 3 nitrogen and oxygen atoms in total. The Kier molecular flexibility index (Phi) is 4.42. The highest BCUT2D eigenvalue weighted by Gasteiger charge is 2.08. The SMILES string of the molecule is C[Si](C)(C)C#Cc1cn(Cc2ccc(I)cc2)nn1. The van der Waals surface area contributed by atoms with Crippen molar-refractivity contribution in [3.63, 3.8) is 0 Å². The van der Waals surface area contributed by atoms with Crippen LogP contribution in [0.5, 0.6) is 0 Å². The Hall–Kier alpha value is -1.13. The van der Waals surface area contributed by atoms with Crippen molar-refractivity contribution < 1.29 is 0 Å². The van der Waals surface area contributed by atoms with E-state index in [0.29, 0.717) is 0 Å². The highest BCUT2D eigenvalue weighted by molar-refractivity contribution is 14.1. The van der Waals surface area contributed by atoms with Crippen molar-refractivity contribution >= 4 is 30.7 Å². The lowest BCUT2D eigenvalue weighted by Gasteiger charge is -2.02. The Morgan fingerprint density at radius 1 is 1.21 bits per heavy atom. The van der Waals surface area contributed by atoms with E-state index < -0.39 is 8.07 Å². The summed E-state index contributed by atoms with van der Waals surface area (Å²) in [6, 6.07) is 8.41. The van der Waals surface area contributed by atoms with Gasteiger partial charge in [0.15, 0.2) is 5.69 Å². The van der Waals surface area contributed by atoms with Gasteiger partial charge in [-0.05, 0) is 40.3 Å². The third-order valence-corrected chi connectivity index (χ3v) is 3.96. The lowest BCUT2D eigenvalue weighted by molar-refractivity contribution is 0.649. The minimum absolute atomic E-state index is 0.735. The molecule has 0 atom stereocenters. The van der Waals surface area contributed by atoms with Gasteiger partial charge in [-0.1, -0.05) is 42.9 Å². The van der Waals surface area contributed by atoms with Crippen LogP contribution in [0.4, 0.5) is 0 Å². The molecular weight excluding hydrogens is 365 g/mol. The maximum atomic E-state index is 4.11. The highest BCUT2D eigenvalue weighted by atomic mass is 127. The Morgan fingerprint density at radius 3 is 2.53 bits per heavy atom. The molecule has 0 aliphatic carbocycles. The second-order valence-electron chi connectivity index (χ2n) is 5.43. The number of aromatic nitrogens is 3. The molecule has 1 aromatic heterocycles. The molecule has 0 spiro atoms. The minimum atomic E-state index is -1.35. The van der Waals surface area contributed by atoms with E-state index in [4.69, 9.17) is 0 Å². The third kappa shape index (κ3) is 4.80. The summed E-state index contributed by atoms with van der Waals surface area (Å²) in [7, 11) is -1.35. The molecule has 19 heavy (non-hydrogen) atoms. The summed E-state index contributed by atoms with van der Waals surface area (Å²) >= 11 is 2.30. The van der Waals surface area contributed by atoms with Crippen LogP contribution in [0.1, 0.15) is 11.3 Å². The monoisotopic (exact) mass is 381 g/mol. The van der Waals surface area contributed by atoms with E-state index in [9.17, 15) is 0 Å². The van der Waals surface area contributed by atoms with Crippen LogP contribution < -0.4 is 0 Å². The first-order valence-corrected chi connectivity index (χ1v) is 10.7. The smallest absolute Gasteiger partial charge is 0.154 e. The predicted octanol–water partition coefficient (Wildman–Crippen LogP) is 3.16. The Labute approximate surface area is 128 Å². The molecule has 0 aliphatic heterocycles. The normalized spacial score (nSPS) is 10.9. The summed E-state index contributed by atoms with van der Waals surface area (Å²) in [4.78, 5) is 0. The zero-order valence-corrected chi connectivity index (χ0v) is 14.5. The van der Waals surface area contributed by atoms with Crippen molar-refractivity contribution in [1.29, 1.82) is 0 Å². The van der Waals surface area contributed by atoms with Crippen LogP contribution in [0.3, 0.4) is 0 Å². The number of hydrogen-bond acceptors (Lipinski definition) is 2. The van der Waals surface area contributed by atoms with Gasteiger partial charge < -0.3 is 0 Å². The van der Waals surface area contributed by atoms with Gasteiger partial charge in [0.1, 0.15) is 8.07 Å². The van der Waals surface area contributed by atoms with E-state index in [1.807, 2.05) is 10.9 Å². The van der Waals surface area contributed by atoms with Crippen LogP contribution in [0, 0.1) is 15.0 Å². The highest BCUT2D eigenvalue weighted by Crippen LogP contribution is 2.08. The largest absolute Gasteiger partial charge is 0.247 e. The van der Waals surface area contributed by atoms with Gasteiger partial charge in [-0.15, -0.1) is 10.6 Å². The van der Waals surface area contributed by atoms with Gasteiger partial charge in [0.25, 0.3) is 0 Å². The summed E-state index contributed by atoms with van der Waals surface area (Å²) in [5.41, 5.74) is 5.27. The van der Waals surface area contributed by atoms with E-state index in [2.05, 4.69) is 88.3 Å². The summed E-state index contributed by atoms with van der Waals surface area (Å²) in [5, 5.41) is 8.21. The van der Waals surface area contributed by atoms with Crippen molar-refractivity contribution in [2.75, 3.05) is 0 Å². The molecule has 2 rings (SSSR count). The Balaban J connectivity index is 2.09. The fraction of sp³-hybridized carbons (Fsp3) is 0.286. The lowest BCUT2D eigenvalue weighted by Crippen LogP contribution is -2.16. The first-order valence-electron chi connectivity index (χ1n) is 6.10. The van der Waals surface area contributed by atoms with Crippen molar-refractivity contribution in [3.05, 3.63) is 45.3 Å². The molecule has 0 aliphatic rings. The van der Waals surface area contributed by atoms with E-state index in [-0.39, 0.29) is 0 Å². The first-order chi connectivity index (χ1) is 8.92. The molecule has 0 unspecified atom stereocenters. The van der Waals surface area contributed by atoms with Crippen LogP contribution >= 0.6 is 22.6 Å². The third-order valence-electron chi connectivity index (χ3n) is 2.36. The van der Waals surface area contributed by atoms with E-state index in [1.54, 1.807) is 0 Å². The summed E-state index contributed by atoms with van der Waals surface area (Å²) < 4.78 is 3.07. The van der Waals surface area contributed by atoms with Gasteiger partial charge in [-0.25, -0.2) is 4.68 Å². The van der Waals surface area contributed by atoms with Crippen molar-refractivity contribution in [2.24, 2.45) is 0 Å². The van der Waals surface area contributed by atoms with Crippen LogP contribution in [-0.2, 0) is 6.54 Å². The van der Waals surface area contributed by atoms with Crippen LogP contribution in [0.2, 0.25) is 19.6 Å². The van der Waals surface area contributed by atoms with E-state index in [0.717, 1.165) is 12.2 Å². The van der Waals surface area contributed by atoms with Gasteiger partial charge in [-0.3, -0.25) is 0 Å². The Bertz CT molecular complexity index is 615. The number of nitrogens with zero attached hydrogens (tertiary/aromatic N) is 3. The fourth-order valence-corrected chi connectivity index (χ4v) is 2.32. The average Bonchev–Trinajstić information content (AvgIpc) is 2.77. The van der Waals surface area contributed by atoms with Gasteiger partial charge in [0.2, 0.25) is 0 Å². The standard InChI is InChI=1S/C14H16IN3Si/c1-19(2,3)9-8-14-11-18(17-16-14)10-12-4-6-13(15)7-5-12/h4-7,11H,10H2,1-3H3. The molecular formula is C14H16IN3Si. The molecule has 0 saturated carbocycles. The molecule has 5 heteroatoms. The number of rotatable bonds is 2. The molecule has 0 bridgehead atoms. The van der Waals surface area contributed by atoms with Crippen molar-refractivity contribution in [1.82, 2.24) is 15.0 Å². The molecule has 0 N–H and O–H groups in total. The molecule has 0 amide bonds. The molecule has 1 heterocycles. The second kappa shape index (κ2) is 5.88. The van der Waals surface area contributed by atoms with Gasteiger partial charge in [-0.2, -0.15) is 0 Å². The molecule has 0 fully saturated rings. The maximum absolute atomic E-state index is 4.11. The van der Waals surface area contributed by atoms with Gasteiger partial charge in [0, 0.05) is 3.57 Å². The summed E-state index contributed by atoms with van der Waals surface area (Å²) in [6.07, 6.45) is 1.91. The fourth-order valence-electron chi connectivity index (χ4n) is 1.46. The van der Waals surface area contributed by atoms with Crippen LogP contribution in [0.15, 0.2) is 30.5 Å². The van der Waals surface area contributed by atoms with Crippen molar-refractivity contribution in [3.8, 4) is 11.5 Å². The van der Waals surface area contributed by atoms with E-state index >= 15 is 0 Å². The zero-order chi connectivity index (χ0) is 13.9. The van der Waals surface area contributed by atoms with Crippen LogP contribution in [0.25, 0.3) is 0 Å². The van der Waals surface area contributed by atoms with E-state index in [1.165, 1.54) is 9.13 Å². The molecule has 0 saturated heterocycles. The molecule has 0 radical (unpaired) electrons. The predicted molar refractivity (Wildman–Crippen MR) is 88.5 cm³/mol. The van der Waals surface area contributed by atoms with Gasteiger partial charge >= 0.3 is 0 Å².